The number of rotatable bonds is 3. The lowest BCUT2D eigenvalue weighted by Gasteiger charge is -2.18. The maximum atomic E-state index is 12.6. The van der Waals surface area contributed by atoms with Crippen LogP contribution in [0.15, 0.2) is 11.0 Å². The largest absolute Gasteiger partial charge is 0.398 e. The van der Waals surface area contributed by atoms with Crippen LogP contribution in [0.5, 0.6) is 0 Å². The number of nitrogen functional groups attached to an aromatic ring is 1. The monoisotopic (exact) mass is 311 g/mol. The van der Waals surface area contributed by atoms with Crippen LogP contribution in [0, 0.1) is 20.8 Å². The van der Waals surface area contributed by atoms with Gasteiger partial charge < -0.3 is 10.6 Å². The van der Waals surface area contributed by atoms with Gasteiger partial charge in [0.1, 0.15) is 6.04 Å². The number of benzene rings is 1. The molecule has 0 bridgehead atoms. The van der Waals surface area contributed by atoms with E-state index in [1.807, 2.05) is 6.92 Å². The summed E-state index contributed by atoms with van der Waals surface area (Å²) in [6, 6.07) is 1.06. The third-order valence-corrected chi connectivity index (χ3v) is 5.71. The third-order valence-electron chi connectivity index (χ3n) is 3.95. The van der Waals surface area contributed by atoms with Crippen molar-refractivity contribution in [1.29, 1.82) is 0 Å². The first-order chi connectivity index (χ1) is 9.65. The molecule has 2 rings (SSSR count). The Kier molecular flexibility index (Phi) is 3.99. The molecule has 1 unspecified atom stereocenters. The minimum absolute atomic E-state index is 0.174. The van der Waals surface area contributed by atoms with Crippen LogP contribution in [0.2, 0.25) is 0 Å². The Morgan fingerprint density at radius 1 is 1.29 bits per heavy atom. The molecule has 116 valence electrons. The standard InChI is InChI=1S/C14H21N3O3S/c1-8-7-9(2)13(10(3)12(8)15)21(19,20)16-11-5-6-17(4)14(11)18/h7,11,16H,5-6,15H2,1-4H3. The number of hydrogen-bond acceptors (Lipinski definition) is 4. The summed E-state index contributed by atoms with van der Waals surface area (Å²) >= 11 is 0. The zero-order valence-corrected chi connectivity index (χ0v) is 13.5. The number of likely N-dealkylation sites (N-methyl/N-ethyl adjacent to an activating group) is 1. The van der Waals surface area contributed by atoms with Gasteiger partial charge in [-0.25, -0.2) is 8.42 Å². The van der Waals surface area contributed by atoms with Gasteiger partial charge in [-0.2, -0.15) is 4.72 Å². The van der Waals surface area contributed by atoms with E-state index in [1.54, 1.807) is 27.0 Å². The molecule has 7 heteroatoms. The molecule has 1 heterocycles. The van der Waals surface area contributed by atoms with Crippen molar-refractivity contribution >= 4 is 21.6 Å². The summed E-state index contributed by atoms with van der Waals surface area (Å²) in [6.45, 7) is 5.82. The van der Waals surface area contributed by atoms with Crippen LogP contribution in [0.25, 0.3) is 0 Å². The molecule has 1 atom stereocenters. The van der Waals surface area contributed by atoms with Crippen molar-refractivity contribution in [2.75, 3.05) is 19.3 Å². The van der Waals surface area contributed by atoms with Gasteiger partial charge >= 0.3 is 0 Å². The molecule has 3 N–H and O–H groups in total. The molecule has 0 saturated carbocycles. The Morgan fingerprint density at radius 3 is 2.43 bits per heavy atom. The van der Waals surface area contributed by atoms with Crippen molar-refractivity contribution in [2.24, 2.45) is 0 Å². The van der Waals surface area contributed by atoms with Crippen LogP contribution < -0.4 is 10.5 Å². The highest BCUT2D eigenvalue weighted by Gasteiger charge is 2.34. The van der Waals surface area contributed by atoms with Crippen molar-refractivity contribution in [3.63, 3.8) is 0 Å². The first-order valence-electron chi connectivity index (χ1n) is 6.78. The average molecular weight is 311 g/mol. The van der Waals surface area contributed by atoms with Gasteiger partial charge in [0.15, 0.2) is 0 Å². The molecule has 1 aliphatic heterocycles. The van der Waals surface area contributed by atoms with Gasteiger partial charge in [0.05, 0.1) is 4.90 Å². The summed E-state index contributed by atoms with van der Waals surface area (Å²) in [6.07, 6.45) is 0.480. The van der Waals surface area contributed by atoms with Gasteiger partial charge in [-0.05, 0) is 43.9 Å². The highest BCUT2D eigenvalue weighted by Crippen LogP contribution is 2.28. The number of nitrogens with one attached hydrogen (secondary N) is 1. The van der Waals surface area contributed by atoms with E-state index in [0.717, 1.165) is 5.56 Å². The fourth-order valence-electron chi connectivity index (χ4n) is 2.77. The molecule has 0 radical (unpaired) electrons. The van der Waals surface area contributed by atoms with Gasteiger partial charge in [0.2, 0.25) is 15.9 Å². The Balaban J connectivity index is 2.42. The number of nitrogens with zero attached hydrogens (tertiary/aromatic N) is 1. The molecule has 1 aromatic rings. The fourth-order valence-corrected chi connectivity index (χ4v) is 4.48. The number of sulfonamides is 1. The van der Waals surface area contributed by atoms with Gasteiger partial charge in [0.25, 0.3) is 0 Å². The van der Waals surface area contributed by atoms with Crippen molar-refractivity contribution in [2.45, 2.75) is 38.1 Å². The molecule has 0 spiro atoms. The number of aryl methyl sites for hydroxylation is 2. The molecule has 1 amide bonds. The minimum atomic E-state index is -3.78. The average Bonchev–Trinajstić information content (AvgIpc) is 2.67. The van der Waals surface area contributed by atoms with Crippen molar-refractivity contribution in [3.05, 3.63) is 22.8 Å². The maximum Gasteiger partial charge on any atom is 0.241 e. The summed E-state index contributed by atoms with van der Waals surface area (Å²) in [5, 5.41) is 0. The van der Waals surface area contributed by atoms with Crippen molar-refractivity contribution < 1.29 is 13.2 Å². The first-order valence-corrected chi connectivity index (χ1v) is 8.27. The van der Waals surface area contributed by atoms with E-state index in [1.165, 1.54) is 4.90 Å². The van der Waals surface area contributed by atoms with E-state index >= 15 is 0 Å². The first kappa shape index (κ1) is 15.8. The molecule has 6 nitrogen and oxygen atoms in total. The summed E-state index contributed by atoms with van der Waals surface area (Å²) in [5.41, 5.74) is 8.41. The fraction of sp³-hybridized carbons (Fsp3) is 0.500. The zero-order chi connectivity index (χ0) is 15.9. The topological polar surface area (TPSA) is 92.5 Å². The summed E-state index contributed by atoms with van der Waals surface area (Å²) in [7, 11) is -2.11. The maximum absolute atomic E-state index is 12.6. The highest BCUT2D eigenvalue weighted by molar-refractivity contribution is 7.89. The molecule has 1 aromatic carbocycles. The Hall–Kier alpha value is -1.60. The predicted molar refractivity (Wildman–Crippen MR) is 81.4 cm³/mol. The number of amides is 1. The van der Waals surface area contributed by atoms with Crippen molar-refractivity contribution in [3.8, 4) is 0 Å². The molecular formula is C14H21N3O3S. The van der Waals surface area contributed by atoms with Crippen LogP contribution >= 0.6 is 0 Å². The normalized spacial score (nSPS) is 19.3. The number of carbonyl (C=O) groups excluding carboxylic acids is 1. The van der Waals surface area contributed by atoms with Gasteiger partial charge in [0, 0.05) is 19.3 Å². The molecule has 1 fully saturated rings. The number of nitrogens with two attached hydrogens (primary N) is 1. The molecule has 1 saturated heterocycles. The summed E-state index contributed by atoms with van der Waals surface area (Å²) in [4.78, 5) is 13.6. The zero-order valence-electron chi connectivity index (χ0n) is 12.7. The Labute approximate surface area is 125 Å². The smallest absolute Gasteiger partial charge is 0.241 e. The lowest BCUT2D eigenvalue weighted by molar-refractivity contribution is -0.127. The molecule has 0 aromatic heterocycles. The number of carbonyl (C=O) groups is 1. The van der Waals surface area contributed by atoms with E-state index in [9.17, 15) is 13.2 Å². The number of anilines is 1. The minimum Gasteiger partial charge on any atom is -0.398 e. The van der Waals surface area contributed by atoms with E-state index in [-0.39, 0.29) is 10.8 Å². The molecule has 21 heavy (non-hydrogen) atoms. The highest BCUT2D eigenvalue weighted by atomic mass is 32.2. The SMILES string of the molecule is Cc1cc(C)c(S(=O)(=O)NC2CCN(C)C2=O)c(C)c1N. The molecule has 0 aliphatic carbocycles. The number of likely N-dealkylation sites (tertiary alicyclic amines) is 1. The predicted octanol–water partition coefficient (Wildman–Crippen LogP) is 0.703. The van der Waals surface area contributed by atoms with Gasteiger partial charge in [-0.15, -0.1) is 0 Å². The Bertz CT molecular complexity index is 698. The number of hydrogen-bond donors (Lipinski definition) is 2. The van der Waals surface area contributed by atoms with E-state index < -0.39 is 16.1 Å². The lowest BCUT2D eigenvalue weighted by Crippen LogP contribution is -2.41. The lowest BCUT2D eigenvalue weighted by atomic mass is 10.1. The van der Waals surface area contributed by atoms with E-state index in [2.05, 4.69) is 4.72 Å². The summed E-state index contributed by atoms with van der Waals surface area (Å²) < 4.78 is 27.7. The van der Waals surface area contributed by atoms with Gasteiger partial charge in [-0.3, -0.25) is 4.79 Å². The van der Waals surface area contributed by atoms with Crippen LogP contribution in [0.3, 0.4) is 0 Å². The second-order valence-electron chi connectivity index (χ2n) is 5.60. The Morgan fingerprint density at radius 2 is 1.90 bits per heavy atom. The second kappa shape index (κ2) is 5.31. The van der Waals surface area contributed by atoms with Crippen LogP contribution in [0.1, 0.15) is 23.1 Å². The van der Waals surface area contributed by atoms with Crippen LogP contribution in [-0.2, 0) is 14.8 Å². The van der Waals surface area contributed by atoms with E-state index in [0.29, 0.717) is 29.8 Å². The third kappa shape index (κ3) is 2.75. The van der Waals surface area contributed by atoms with Gasteiger partial charge in [-0.1, -0.05) is 6.07 Å². The molecule has 1 aliphatic rings. The van der Waals surface area contributed by atoms with E-state index in [4.69, 9.17) is 5.73 Å². The van der Waals surface area contributed by atoms with Crippen LogP contribution in [0.4, 0.5) is 5.69 Å². The second-order valence-corrected chi connectivity index (χ2v) is 7.25. The quantitative estimate of drug-likeness (QED) is 0.804. The molecular weight excluding hydrogens is 290 g/mol. The summed E-state index contributed by atoms with van der Waals surface area (Å²) in [5.74, 6) is -0.200. The van der Waals surface area contributed by atoms with Crippen molar-refractivity contribution in [1.82, 2.24) is 9.62 Å². The van der Waals surface area contributed by atoms with Crippen LogP contribution in [-0.4, -0.2) is 38.9 Å².